The highest BCUT2D eigenvalue weighted by Crippen LogP contribution is 2.22. The smallest absolute Gasteiger partial charge is 0.230 e. The monoisotopic (exact) mass is 309 g/mol. The lowest BCUT2D eigenvalue weighted by molar-refractivity contribution is 0.299. The fourth-order valence-electron chi connectivity index (χ4n) is 1.43. The van der Waals surface area contributed by atoms with Crippen molar-refractivity contribution in [2.75, 3.05) is 11.9 Å². The molecule has 18 heavy (non-hydrogen) atoms. The number of nitrogens with one attached hydrogen (secondary N) is 1. The number of nitrogens with zero attached hydrogens (tertiary/aromatic N) is 2. The van der Waals surface area contributed by atoms with Crippen LogP contribution in [0.25, 0.3) is 0 Å². The molecule has 0 unspecified atom stereocenters. The summed E-state index contributed by atoms with van der Waals surface area (Å²) in [6.07, 6.45) is 2.11. The Hall–Kier alpha value is -1.66. The summed E-state index contributed by atoms with van der Waals surface area (Å²) in [5, 5.41) is 21.2. The van der Waals surface area contributed by atoms with Gasteiger partial charge in [0.25, 0.3) is 0 Å². The van der Waals surface area contributed by atoms with E-state index in [9.17, 15) is 5.11 Å². The molecule has 0 aliphatic heterocycles. The fraction of sp³-hybridized carbons (Fsp3) is 0.167. The van der Waals surface area contributed by atoms with Crippen molar-refractivity contribution in [1.82, 2.24) is 9.97 Å². The third kappa shape index (κ3) is 3.18. The molecular formula is C12H12BrN3O2. The van der Waals surface area contributed by atoms with E-state index in [1.165, 1.54) is 6.20 Å². The quantitative estimate of drug-likeness (QED) is 0.807. The molecule has 0 amide bonds. The number of aliphatic hydroxyl groups is 1. The van der Waals surface area contributed by atoms with Crippen LogP contribution in [-0.4, -0.2) is 26.8 Å². The van der Waals surface area contributed by atoms with Crippen LogP contribution in [0, 0.1) is 0 Å². The molecule has 6 heteroatoms. The van der Waals surface area contributed by atoms with Crippen LogP contribution in [0.1, 0.15) is 5.56 Å². The second-order valence-electron chi connectivity index (χ2n) is 3.66. The number of rotatable bonds is 4. The van der Waals surface area contributed by atoms with Gasteiger partial charge in [0.2, 0.25) is 11.8 Å². The molecule has 0 radical (unpaired) electrons. The zero-order chi connectivity index (χ0) is 13.0. The highest BCUT2D eigenvalue weighted by Gasteiger charge is 2.03. The number of aliphatic hydroxyl groups excluding tert-OH is 1. The van der Waals surface area contributed by atoms with E-state index in [0.717, 1.165) is 11.3 Å². The Morgan fingerprint density at radius 2 is 1.94 bits per heavy atom. The van der Waals surface area contributed by atoms with Gasteiger partial charge in [-0.3, -0.25) is 0 Å². The second-order valence-corrected chi connectivity index (χ2v) is 4.52. The van der Waals surface area contributed by atoms with Gasteiger partial charge in [0.15, 0.2) is 0 Å². The first-order chi connectivity index (χ1) is 8.69. The topological polar surface area (TPSA) is 78.3 Å². The minimum Gasteiger partial charge on any atom is -0.492 e. The van der Waals surface area contributed by atoms with Crippen molar-refractivity contribution in [2.45, 2.75) is 6.42 Å². The maximum atomic E-state index is 9.43. The summed E-state index contributed by atoms with van der Waals surface area (Å²) in [7, 11) is 0. The van der Waals surface area contributed by atoms with Gasteiger partial charge in [0.05, 0.1) is 10.7 Å². The molecule has 1 heterocycles. The molecule has 2 rings (SSSR count). The molecule has 0 saturated carbocycles. The van der Waals surface area contributed by atoms with Crippen LogP contribution in [0.4, 0.5) is 11.6 Å². The molecule has 0 atom stereocenters. The predicted molar refractivity (Wildman–Crippen MR) is 71.9 cm³/mol. The Kier molecular flexibility index (Phi) is 4.11. The minimum atomic E-state index is -0.107. The predicted octanol–water partition coefficient (Wildman–Crippen LogP) is 2.22. The van der Waals surface area contributed by atoms with Gasteiger partial charge in [-0.1, -0.05) is 12.1 Å². The summed E-state index contributed by atoms with van der Waals surface area (Å²) in [5.41, 5.74) is 1.88. The number of aromatic nitrogens is 2. The van der Waals surface area contributed by atoms with Crippen molar-refractivity contribution in [3.63, 3.8) is 0 Å². The van der Waals surface area contributed by atoms with Crippen molar-refractivity contribution < 1.29 is 10.2 Å². The van der Waals surface area contributed by atoms with Gasteiger partial charge in [-0.15, -0.1) is 0 Å². The molecule has 1 aromatic heterocycles. The van der Waals surface area contributed by atoms with Crippen molar-refractivity contribution in [3.8, 4) is 5.88 Å². The number of halogens is 1. The zero-order valence-electron chi connectivity index (χ0n) is 9.47. The molecule has 0 saturated heterocycles. The summed E-state index contributed by atoms with van der Waals surface area (Å²) in [5.74, 6) is 0.218. The van der Waals surface area contributed by atoms with Gasteiger partial charge >= 0.3 is 0 Å². The summed E-state index contributed by atoms with van der Waals surface area (Å²) in [4.78, 5) is 7.90. The third-order valence-electron chi connectivity index (χ3n) is 2.34. The zero-order valence-corrected chi connectivity index (χ0v) is 11.1. The summed E-state index contributed by atoms with van der Waals surface area (Å²) in [6, 6.07) is 7.56. The summed E-state index contributed by atoms with van der Waals surface area (Å²) in [6.45, 7) is 0.135. The van der Waals surface area contributed by atoms with Crippen molar-refractivity contribution in [1.29, 1.82) is 0 Å². The standard InChI is InChI=1S/C12H12BrN3O2/c13-10-7-14-12(16-11(10)18)15-9-3-1-8(2-4-9)5-6-17/h1-4,7,17H,5-6H2,(H2,14,15,16,18). The lowest BCUT2D eigenvalue weighted by Crippen LogP contribution is -1.97. The lowest BCUT2D eigenvalue weighted by atomic mass is 10.1. The first-order valence-corrected chi connectivity index (χ1v) is 6.16. The average Bonchev–Trinajstić information content (AvgIpc) is 2.37. The van der Waals surface area contributed by atoms with E-state index in [1.54, 1.807) is 0 Å². The Morgan fingerprint density at radius 1 is 1.22 bits per heavy atom. The Morgan fingerprint density at radius 3 is 2.56 bits per heavy atom. The fourth-order valence-corrected chi connectivity index (χ4v) is 1.62. The number of benzene rings is 1. The van der Waals surface area contributed by atoms with E-state index < -0.39 is 0 Å². The van der Waals surface area contributed by atoms with Crippen LogP contribution < -0.4 is 5.32 Å². The van der Waals surface area contributed by atoms with Crippen LogP contribution >= 0.6 is 15.9 Å². The van der Waals surface area contributed by atoms with Crippen LogP contribution in [0.15, 0.2) is 34.9 Å². The highest BCUT2D eigenvalue weighted by atomic mass is 79.9. The summed E-state index contributed by atoms with van der Waals surface area (Å²) < 4.78 is 0.450. The number of aromatic hydroxyl groups is 1. The first-order valence-electron chi connectivity index (χ1n) is 5.37. The molecule has 0 aliphatic rings. The summed E-state index contributed by atoms with van der Waals surface area (Å²) >= 11 is 3.12. The van der Waals surface area contributed by atoms with Gasteiger partial charge in [0.1, 0.15) is 0 Å². The van der Waals surface area contributed by atoms with Crippen LogP contribution in [0.3, 0.4) is 0 Å². The van der Waals surface area contributed by atoms with Crippen molar-refractivity contribution in [3.05, 3.63) is 40.5 Å². The molecule has 0 fully saturated rings. The van der Waals surface area contributed by atoms with Crippen LogP contribution in [0.2, 0.25) is 0 Å². The van der Waals surface area contributed by atoms with Gasteiger partial charge in [-0.25, -0.2) is 4.98 Å². The van der Waals surface area contributed by atoms with Gasteiger partial charge in [0, 0.05) is 12.3 Å². The van der Waals surface area contributed by atoms with Gasteiger partial charge in [-0.2, -0.15) is 4.98 Å². The molecule has 2 aromatic rings. The normalized spacial score (nSPS) is 10.3. The molecule has 0 bridgehead atoms. The lowest BCUT2D eigenvalue weighted by Gasteiger charge is -2.06. The largest absolute Gasteiger partial charge is 0.492 e. The van der Waals surface area contributed by atoms with Crippen LogP contribution in [-0.2, 0) is 6.42 Å². The van der Waals surface area contributed by atoms with Crippen molar-refractivity contribution in [2.24, 2.45) is 0 Å². The Bertz CT molecular complexity index is 531. The molecule has 3 N–H and O–H groups in total. The van der Waals surface area contributed by atoms with Gasteiger partial charge < -0.3 is 15.5 Å². The number of anilines is 2. The maximum Gasteiger partial charge on any atom is 0.230 e. The first kappa shape index (κ1) is 12.8. The SMILES string of the molecule is OCCc1ccc(Nc2ncc(Br)c(O)n2)cc1. The minimum absolute atomic E-state index is 0.107. The van der Waals surface area contributed by atoms with E-state index in [0.29, 0.717) is 16.8 Å². The highest BCUT2D eigenvalue weighted by molar-refractivity contribution is 9.10. The van der Waals surface area contributed by atoms with E-state index in [2.05, 4.69) is 31.2 Å². The molecule has 0 aliphatic carbocycles. The van der Waals surface area contributed by atoms with Gasteiger partial charge in [-0.05, 0) is 40.0 Å². The second kappa shape index (κ2) is 5.79. The van der Waals surface area contributed by atoms with E-state index in [1.807, 2.05) is 24.3 Å². The molecule has 94 valence electrons. The van der Waals surface area contributed by atoms with Crippen molar-refractivity contribution >= 4 is 27.6 Å². The molecule has 0 spiro atoms. The van der Waals surface area contributed by atoms with E-state index >= 15 is 0 Å². The van der Waals surface area contributed by atoms with E-state index in [4.69, 9.17) is 5.11 Å². The third-order valence-corrected chi connectivity index (χ3v) is 2.90. The van der Waals surface area contributed by atoms with Crippen LogP contribution in [0.5, 0.6) is 5.88 Å². The number of hydrogen-bond acceptors (Lipinski definition) is 5. The van der Waals surface area contributed by atoms with E-state index in [-0.39, 0.29) is 12.5 Å². The maximum absolute atomic E-state index is 9.43. The Labute approximate surface area is 113 Å². The molecule has 1 aromatic carbocycles. The Balaban J connectivity index is 2.10. The average molecular weight is 310 g/mol. The number of hydrogen-bond donors (Lipinski definition) is 3. The molecule has 5 nitrogen and oxygen atoms in total. The molecular weight excluding hydrogens is 298 g/mol.